The van der Waals surface area contributed by atoms with Gasteiger partial charge in [-0.3, -0.25) is 9.80 Å². The van der Waals surface area contributed by atoms with Crippen molar-refractivity contribution in [3.63, 3.8) is 0 Å². The summed E-state index contributed by atoms with van der Waals surface area (Å²) < 4.78 is 0. The molecule has 1 N–H and O–H groups in total. The summed E-state index contributed by atoms with van der Waals surface area (Å²) in [6, 6.07) is 6.41. The van der Waals surface area contributed by atoms with Gasteiger partial charge in [-0.05, 0) is 63.4 Å². The van der Waals surface area contributed by atoms with Gasteiger partial charge in [0.1, 0.15) is 5.75 Å². The zero-order valence-electron chi connectivity index (χ0n) is 12.9. The maximum atomic E-state index is 9.82. The first kappa shape index (κ1) is 13.9. The Bertz CT molecular complexity index is 498. The van der Waals surface area contributed by atoms with Gasteiger partial charge in [-0.25, -0.2) is 0 Å². The number of rotatable bonds is 1. The molecule has 1 aliphatic carbocycles. The van der Waals surface area contributed by atoms with Crippen LogP contribution in [0.3, 0.4) is 0 Å². The van der Waals surface area contributed by atoms with Crippen LogP contribution in [0.4, 0.5) is 0 Å². The summed E-state index contributed by atoms with van der Waals surface area (Å²) in [6.45, 7) is 8.00. The summed E-state index contributed by atoms with van der Waals surface area (Å²) in [5, 5.41) is 9.82. The minimum atomic E-state index is 0.229. The van der Waals surface area contributed by atoms with Gasteiger partial charge < -0.3 is 5.11 Å². The topological polar surface area (TPSA) is 26.7 Å². The molecule has 0 aromatic heterocycles. The SMILES string of the molecule is CN1CCN(C2CCCc3ccc(O)cc32)CC1(C)C. The quantitative estimate of drug-likeness (QED) is 0.853. The van der Waals surface area contributed by atoms with Crippen LogP contribution in [0.5, 0.6) is 5.75 Å². The van der Waals surface area contributed by atoms with E-state index in [1.54, 1.807) is 0 Å². The van der Waals surface area contributed by atoms with Crippen molar-refractivity contribution in [3.8, 4) is 5.75 Å². The number of aryl methyl sites for hydroxylation is 1. The van der Waals surface area contributed by atoms with Gasteiger partial charge in [-0.2, -0.15) is 0 Å². The second kappa shape index (κ2) is 5.05. The Morgan fingerprint density at radius 3 is 2.80 bits per heavy atom. The number of likely N-dealkylation sites (N-methyl/N-ethyl adjacent to an activating group) is 1. The van der Waals surface area contributed by atoms with E-state index in [0.29, 0.717) is 11.8 Å². The number of piperazine rings is 1. The highest BCUT2D eigenvalue weighted by molar-refractivity contribution is 5.38. The average Bonchev–Trinajstić information content (AvgIpc) is 2.41. The van der Waals surface area contributed by atoms with E-state index >= 15 is 0 Å². The van der Waals surface area contributed by atoms with E-state index in [2.05, 4.69) is 36.8 Å². The van der Waals surface area contributed by atoms with Crippen molar-refractivity contribution in [2.45, 2.75) is 44.7 Å². The second-order valence-electron chi connectivity index (χ2n) is 7.00. The van der Waals surface area contributed by atoms with Crippen molar-refractivity contribution in [1.82, 2.24) is 9.80 Å². The van der Waals surface area contributed by atoms with E-state index in [1.807, 2.05) is 12.1 Å². The number of hydrogen-bond acceptors (Lipinski definition) is 3. The number of nitrogens with zero attached hydrogens (tertiary/aromatic N) is 2. The molecular formula is C17H26N2O. The summed E-state index contributed by atoms with van der Waals surface area (Å²) in [6.07, 6.45) is 3.63. The van der Waals surface area contributed by atoms with Gasteiger partial charge in [0.15, 0.2) is 0 Å². The lowest BCUT2D eigenvalue weighted by Gasteiger charge is -2.49. The molecule has 1 aliphatic heterocycles. The van der Waals surface area contributed by atoms with Crippen LogP contribution in [0.2, 0.25) is 0 Å². The van der Waals surface area contributed by atoms with Crippen molar-refractivity contribution in [1.29, 1.82) is 0 Å². The molecule has 1 heterocycles. The van der Waals surface area contributed by atoms with Gasteiger partial charge in [0.2, 0.25) is 0 Å². The molecular weight excluding hydrogens is 248 g/mol. The Morgan fingerprint density at radius 2 is 2.05 bits per heavy atom. The average molecular weight is 274 g/mol. The van der Waals surface area contributed by atoms with E-state index in [9.17, 15) is 5.11 Å². The number of phenols is 1. The second-order valence-corrected chi connectivity index (χ2v) is 7.00. The third kappa shape index (κ3) is 2.45. The summed E-state index contributed by atoms with van der Waals surface area (Å²) in [5.74, 6) is 0.407. The molecule has 1 atom stereocenters. The molecule has 1 unspecified atom stereocenters. The largest absolute Gasteiger partial charge is 0.508 e. The van der Waals surface area contributed by atoms with Crippen molar-refractivity contribution >= 4 is 0 Å². The number of benzene rings is 1. The molecule has 3 heteroatoms. The van der Waals surface area contributed by atoms with Crippen LogP contribution in [-0.4, -0.2) is 47.1 Å². The molecule has 20 heavy (non-hydrogen) atoms. The minimum Gasteiger partial charge on any atom is -0.508 e. The van der Waals surface area contributed by atoms with Gasteiger partial charge in [-0.15, -0.1) is 0 Å². The Labute approximate surface area is 122 Å². The van der Waals surface area contributed by atoms with Crippen LogP contribution < -0.4 is 0 Å². The van der Waals surface area contributed by atoms with Crippen LogP contribution >= 0.6 is 0 Å². The predicted octanol–water partition coefficient (Wildman–Crippen LogP) is 2.80. The summed E-state index contributed by atoms with van der Waals surface area (Å²) in [5.41, 5.74) is 3.01. The highest BCUT2D eigenvalue weighted by atomic mass is 16.3. The van der Waals surface area contributed by atoms with Crippen LogP contribution in [0.1, 0.15) is 43.9 Å². The van der Waals surface area contributed by atoms with Crippen molar-refractivity contribution in [2.75, 3.05) is 26.7 Å². The third-order valence-electron chi connectivity index (χ3n) is 5.20. The molecule has 1 fully saturated rings. The smallest absolute Gasteiger partial charge is 0.115 e. The fourth-order valence-electron chi connectivity index (χ4n) is 3.68. The third-order valence-corrected chi connectivity index (χ3v) is 5.20. The van der Waals surface area contributed by atoms with E-state index in [4.69, 9.17) is 0 Å². The highest BCUT2D eigenvalue weighted by Gasteiger charge is 2.36. The minimum absolute atomic E-state index is 0.229. The first-order chi connectivity index (χ1) is 9.47. The highest BCUT2D eigenvalue weighted by Crippen LogP contribution is 2.38. The molecule has 1 saturated heterocycles. The first-order valence-electron chi connectivity index (χ1n) is 7.74. The van der Waals surface area contributed by atoms with Gasteiger partial charge in [0.05, 0.1) is 0 Å². The lowest BCUT2D eigenvalue weighted by molar-refractivity contribution is 0.0120. The van der Waals surface area contributed by atoms with Crippen LogP contribution in [0, 0.1) is 0 Å². The number of aromatic hydroxyl groups is 1. The molecule has 1 aromatic carbocycles. The maximum Gasteiger partial charge on any atom is 0.115 e. The summed E-state index contributed by atoms with van der Waals surface area (Å²) in [4.78, 5) is 5.08. The summed E-state index contributed by atoms with van der Waals surface area (Å²) in [7, 11) is 2.22. The molecule has 0 spiro atoms. The van der Waals surface area contributed by atoms with Gasteiger partial charge >= 0.3 is 0 Å². The number of hydrogen-bond donors (Lipinski definition) is 1. The van der Waals surface area contributed by atoms with E-state index in [-0.39, 0.29) is 5.54 Å². The van der Waals surface area contributed by atoms with E-state index < -0.39 is 0 Å². The Hall–Kier alpha value is -1.06. The maximum absolute atomic E-state index is 9.82. The molecule has 3 nitrogen and oxygen atoms in total. The Kier molecular flexibility index (Phi) is 3.51. The normalized spacial score (nSPS) is 27.2. The summed E-state index contributed by atoms with van der Waals surface area (Å²) >= 11 is 0. The lowest BCUT2D eigenvalue weighted by Crippen LogP contribution is -2.58. The molecule has 0 radical (unpaired) electrons. The van der Waals surface area contributed by atoms with Crippen LogP contribution in [-0.2, 0) is 6.42 Å². The Morgan fingerprint density at radius 1 is 1.25 bits per heavy atom. The molecule has 0 bridgehead atoms. The fraction of sp³-hybridized carbons (Fsp3) is 0.647. The van der Waals surface area contributed by atoms with Crippen molar-refractivity contribution in [2.24, 2.45) is 0 Å². The molecule has 0 amide bonds. The van der Waals surface area contributed by atoms with Crippen molar-refractivity contribution < 1.29 is 5.11 Å². The molecule has 2 aliphatic rings. The first-order valence-corrected chi connectivity index (χ1v) is 7.74. The Balaban J connectivity index is 1.87. The zero-order chi connectivity index (χ0) is 14.3. The van der Waals surface area contributed by atoms with E-state index in [1.165, 1.54) is 24.0 Å². The molecule has 0 saturated carbocycles. The van der Waals surface area contributed by atoms with Gasteiger partial charge in [0, 0.05) is 31.2 Å². The zero-order valence-corrected chi connectivity index (χ0v) is 12.9. The van der Waals surface area contributed by atoms with E-state index in [0.717, 1.165) is 26.1 Å². The van der Waals surface area contributed by atoms with Gasteiger partial charge in [0.25, 0.3) is 0 Å². The molecule has 1 aromatic rings. The molecule has 3 rings (SSSR count). The molecule has 110 valence electrons. The number of phenolic OH excluding ortho intramolecular Hbond substituents is 1. The van der Waals surface area contributed by atoms with Gasteiger partial charge in [-0.1, -0.05) is 6.07 Å². The number of fused-ring (bicyclic) bond motifs is 1. The fourth-order valence-corrected chi connectivity index (χ4v) is 3.68. The van der Waals surface area contributed by atoms with Crippen LogP contribution in [0.25, 0.3) is 0 Å². The standard InChI is InChI=1S/C17H26N2O/c1-17(2)12-19(10-9-18(17)3)16-6-4-5-13-7-8-14(20)11-15(13)16/h7-8,11,16,20H,4-6,9-10,12H2,1-3H3. The predicted molar refractivity (Wildman–Crippen MR) is 82.1 cm³/mol. The van der Waals surface area contributed by atoms with Crippen molar-refractivity contribution in [3.05, 3.63) is 29.3 Å². The lowest BCUT2D eigenvalue weighted by atomic mass is 9.85. The van der Waals surface area contributed by atoms with Crippen LogP contribution in [0.15, 0.2) is 18.2 Å². The monoisotopic (exact) mass is 274 g/mol.